The zero-order valence-electron chi connectivity index (χ0n) is 11.5. The number of hydrogen-bond acceptors (Lipinski definition) is 5. The molecule has 98 valence electrons. The molecule has 1 heterocycles. The van der Waals surface area contributed by atoms with E-state index < -0.39 is 0 Å². The van der Waals surface area contributed by atoms with Crippen molar-refractivity contribution in [3.63, 3.8) is 0 Å². The standard InChI is InChI=1S/C12H24N4S/c1-6-16(8-12(4,5)7-13)11-14-10(9(2)3)15-17-11/h9H,6-8,13H2,1-5H3. The van der Waals surface area contributed by atoms with E-state index in [1.165, 1.54) is 11.5 Å². The van der Waals surface area contributed by atoms with E-state index in [0.29, 0.717) is 12.5 Å². The third-order valence-electron chi connectivity index (χ3n) is 2.77. The largest absolute Gasteiger partial charge is 0.347 e. The monoisotopic (exact) mass is 256 g/mol. The molecule has 0 saturated carbocycles. The van der Waals surface area contributed by atoms with Gasteiger partial charge in [0.05, 0.1) is 0 Å². The van der Waals surface area contributed by atoms with Gasteiger partial charge < -0.3 is 10.6 Å². The molecular formula is C12H24N4S. The zero-order valence-corrected chi connectivity index (χ0v) is 12.3. The molecule has 0 saturated heterocycles. The van der Waals surface area contributed by atoms with Gasteiger partial charge in [0, 0.05) is 30.5 Å². The van der Waals surface area contributed by atoms with E-state index in [1.54, 1.807) is 0 Å². The second-order valence-corrected chi connectivity index (χ2v) is 6.20. The summed E-state index contributed by atoms with van der Waals surface area (Å²) in [6, 6.07) is 0. The van der Waals surface area contributed by atoms with Gasteiger partial charge in [-0.1, -0.05) is 27.7 Å². The van der Waals surface area contributed by atoms with Gasteiger partial charge in [-0.2, -0.15) is 4.37 Å². The Morgan fingerprint density at radius 3 is 2.47 bits per heavy atom. The first-order valence-corrected chi connectivity index (χ1v) is 6.95. The van der Waals surface area contributed by atoms with Gasteiger partial charge in [0.25, 0.3) is 0 Å². The summed E-state index contributed by atoms with van der Waals surface area (Å²) in [5, 5.41) is 1.01. The summed E-state index contributed by atoms with van der Waals surface area (Å²) in [5.74, 6) is 1.33. The van der Waals surface area contributed by atoms with Crippen LogP contribution >= 0.6 is 11.5 Å². The quantitative estimate of drug-likeness (QED) is 0.849. The lowest BCUT2D eigenvalue weighted by molar-refractivity contribution is 0.379. The molecule has 0 unspecified atom stereocenters. The topological polar surface area (TPSA) is 55.0 Å². The van der Waals surface area contributed by atoms with Crippen molar-refractivity contribution >= 4 is 16.7 Å². The van der Waals surface area contributed by atoms with Crippen molar-refractivity contribution < 1.29 is 0 Å². The molecule has 4 nitrogen and oxygen atoms in total. The molecule has 5 heteroatoms. The van der Waals surface area contributed by atoms with E-state index in [-0.39, 0.29) is 5.41 Å². The van der Waals surface area contributed by atoms with Crippen molar-refractivity contribution in [3.8, 4) is 0 Å². The van der Waals surface area contributed by atoms with Gasteiger partial charge in [0.2, 0.25) is 5.13 Å². The lowest BCUT2D eigenvalue weighted by Gasteiger charge is -2.30. The van der Waals surface area contributed by atoms with Gasteiger partial charge in [-0.05, 0) is 18.9 Å². The number of nitrogens with two attached hydrogens (primary N) is 1. The van der Waals surface area contributed by atoms with Crippen LogP contribution in [0.4, 0.5) is 5.13 Å². The summed E-state index contributed by atoms with van der Waals surface area (Å²) in [5.41, 5.74) is 5.89. The van der Waals surface area contributed by atoms with Gasteiger partial charge >= 0.3 is 0 Å². The molecule has 0 fully saturated rings. The average molecular weight is 256 g/mol. The minimum Gasteiger partial charge on any atom is -0.347 e. The number of hydrogen-bond donors (Lipinski definition) is 1. The van der Waals surface area contributed by atoms with Crippen LogP contribution in [0.15, 0.2) is 0 Å². The fourth-order valence-corrected chi connectivity index (χ4v) is 2.36. The Bertz CT molecular complexity index is 346. The van der Waals surface area contributed by atoms with E-state index >= 15 is 0 Å². The van der Waals surface area contributed by atoms with Crippen molar-refractivity contribution in [2.45, 2.75) is 40.5 Å². The van der Waals surface area contributed by atoms with Crippen molar-refractivity contribution in [1.29, 1.82) is 0 Å². The van der Waals surface area contributed by atoms with Crippen LogP contribution in [0.1, 0.15) is 46.4 Å². The predicted octanol–water partition coefficient (Wildman–Crippen LogP) is 2.47. The SMILES string of the molecule is CCN(CC(C)(C)CN)c1nc(C(C)C)ns1. The molecule has 0 aliphatic rings. The predicted molar refractivity (Wildman–Crippen MR) is 74.7 cm³/mol. The summed E-state index contributed by atoms with van der Waals surface area (Å²) < 4.78 is 4.40. The summed E-state index contributed by atoms with van der Waals surface area (Å²) in [6.45, 7) is 13.3. The molecule has 0 bridgehead atoms. The van der Waals surface area contributed by atoms with Crippen LogP contribution < -0.4 is 10.6 Å². The Morgan fingerprint density at radius 2 is 2.06 bits per heavy atom. The normalized spacial score (nSPS) is 12.2. The summed E-state index contributed by atoms with van der Waals surface area (Å²) in [4.78, 5) is 6.85. The molecule has 0 aliphatic heterocycles. The number of aromatic nitrogens is 2. The smallest absolute Gasteiger partial charge is 0.205 e. The maximum absolute atomic E-state index is 5.78. The molecule has 0 aromatic carbocycles. The van der Waals surface area contributed by atoms with Gasteiger partial charge in [-0.3, -0.25) is 0 Å². The highest BCUT2D eigenvalue weighted by Gasteiger charge is 2.22. The second kappa shape index (κ2) is 5.78. The molecular weight excluding hydrogens is 232 g/mol. The number of nitrogens with zero attached hydrogens (tertiary/aromatic N) is 3. The highest BCUT2D eigenvalue weighted by atomic mass is 32.1. The minimum absolute atomic E-state index is 0.111. The van der Waals surface area contributed by atoms with Crippen LogP contribution in [0.2, 0.25) is 0 Å². The lowest BCUT2D eigenvalue weighted by atomic mass is 9.93. The molecule has 0 atom stereocenters. The molecule has 0 amide bonds. The van der Waals surface area contributed by atoms with E-state index in [2.05, 4.69) is 48.9 Å². The fraction of sp³-hybridized carbons (Fsp3) is 0.833. The van der Waals surface area contributed by atoms with E-state index in [4.69, 9.17) is 5.73 Å². The van der Waals surface area contributed by atoms with Gasteiger partial charge in [0.1, 0.15) is 5.82 Å². The Kier molecular flexibility index (Phi) is 4.89. The molecule has 1 rings (SSSR count). The fourth-order valence-electron chi connectivity index (χ4n) is 1.49. The first-order chi connectivity index (χ1) is 7.89. The maximum Gasteiger partial charge on any atom is 0.205 e. The Morgan fingerprint density at radius 1 is 1.41 bits per heavy atom. The van der Waals surface area contributed by atoms with E-state index in [9.17, 15) is 0 Å². The highest BCUT2D eigenvalue weighted by Crippen LogP contribution is 2.24. The molecule has 0 spiro atoms. The summed E-state index contributed by atoms with van der Waals surface area (Å²) in [7, 11) is 0. The van der Waals surface area contributed by atoms with Crippen molar-refractivity contribution in [2.24, 2.45) is 11.1 Å². The Balaban J connectivity index is 2.79. The lowest BCUT2D eigenvalue weighted by Crippen LogP contribution is -2.38. The molecule has 0 aliphatic carbocycles. The van der Waals surface area contributed by atoms with Crippen LogP contribution in [0.25, 0.3) is 0 Å². The second-order valence-electron chi connectivity index (χ2n) is 5.47. The summed E-state index contributed by atoms with van der Waals surface area (Å²) in [6.07, 6.45) is 0. The molecule has 1 aromatic heterocycles. The number of rotatable bonds is 6. The maximum atomic E-state index is 5.78. The van der Waals surface area contributed by atoms with E-state index in [1.807, 2.05) is 0 Å². The van der Waals surface area contributed by atoms with Crippen molar-refractivity contribution in [2.75, 3.05) is 24.5 Å². The van der Waals surface area contributed by atoms with Crippen LogP contribution in [0.3, 0.4) is 0 Å². The number of anilines is 1. The van der Waals surface area contributed by atoms with Crippen molar-refractivity contribution in [3.05, 3.63) is 5.82 Å². The van der Waals surface area contributed by atoms with Crippen LogP contribution in [0, 0.1) is 5.41 Å². The van der Waals surface area contributed by atoms with Gasteiger partial charge in [0.15, 0.2) is 0 Å². The van der Waals surface area contributed by atoms with E-state index in [0.717, 1.165) is 24.0 Å². The van der Waals surface area contributed by atoms with Gasteiger partial charge in [-0.25, -0.2) is 4.98 Å². The molecule has 17 heavy (non-hydrogen) atoms. The highest BCUT2D eigenvalue weighted by molar-refractivity contribution is 7.09. The molecule has 2 N–H and O–H groups in total. The molecule has 0 radical (unpaired) electrons. The van der Waals surface area contributed by atoms with Crippen LogP contribution in [-0.2, 0) is 0 Å². The molecule has 1 aromatic rings. The Labute approximate surface area is 108 Å². The van der Waals surface area contributed by atoms with Crippen LogP contribution in [-0.4, -0.2) is 29.0 Å². The zero-order chi connectivity index (χ0) is 13.1. The van der Waals surface area contributed by atoms with Crippen molar-refractivity contribution in [1.82, 2.24) is 9.36 Å². The minimum atomic E-state index is 0.111. The summed E-state index contributed by atoms with van der Waals surface area (Å²) >= 11 is 1.49. The third kappa shape index (κ3) is 3.92. The van der Waals surface area contributed by atoms with Crippen LogP contribution in [0.5, 0.6) is 0 Å². The average Bonchev–Trinajstić information content (AvgIpc) is 2.75. The first-order valence-electron chi connectivity index (χ1n) is 6.18. The Hall–Kier alpha value is -0.680. The van der Waals surface area contributed by atoms with Gasteiger partial charge in [-0.15, -0.1) is 0 Å². The third-order valence-corrected chi connectivity index (χ3v) is 3.56. The first kappa shape index (κ1) is 14.4.